The molecule has 3 aliphatic heterocycles. The van der Waals surface area contributed by atoms with E-state index in [1.807, 2.05) is 59.6 Å². The lowest BCUT2D eigenvalue weighted by Gasteiger charge is -2.49. The number of thiazole rings is 1. The van der Waals surface area contributed by atoms with Gasteiger partial charge in [0.25, 0.3) is 0 Å². The molecule has 1 unspecified atom stereocenters. The van der Waals surface area contributed by atoms with Crippen LogP contribution in [0.25, 0.3) is 10.9 Å². The molecule has 7 N–H and O–H groups in total. The van der Waals surface area contributed by atoms with Gasteiger partial charge in [0.15, 0.2) is 35.6 Å². The summed E-state index contributed by atoms with van der Waals surface area (Å²) in [6.45, 7) is 5.24. The maximum atomic E-state index is 13.6. The van der Waals surface area contributed by atoms with Crippen molar-refractivity contribution in [2.24, 2.45) is 21.8 Å². The average Bonchev–Trinajstić information content (AvgIpc) is 3.79. The van der Waals surface area contributed by atoms with Crippen LogP contribution in [-0.4, -0.2) is 95.7 Å². The van der Waals surface area contributed by atoms with Crippen LogP contribution in [0.1, 0.15) is 49.9 Å². The molecule has 16 nitrogen and oxygen atoms in total. The number of rotatable bonds is 14. The molecule has 6 heterocycles. The standard InChI is InChI=1S/C38H41N9O7S2/c1-38(2,36(52)53)54-44-30(27-20-56-37(40)43-27)29(48)14-26-33(49)47-31(35(50)51)24(19-55-34(26)47)17-45-12-9-22-10-13-46(28(22)18-45)16-21-5-7-23(8-6-21)32(39)42-25-4-3-11-41-15-25/h5-10,12-13,18,20,25-26,34,41H,3-4,11,14-17,19H2,1-2H3,(H5-,39,40,42,43,50,51,52,53)/p+1/b44-30-/t25?,26-,34-/m1/s1. The number of anilines is 1. The molecule has 0 spiro atoms. The Bertz CT molecular complexity index is 2290. The predicted molar refractivity (Wildman–Crippen MR) is 211 cm³/mol. The topological polar surface area (TPSA) is 232 Å². The zero-order valence-electron chi connectivity index (χ0n) is 30.8. The summed E-state index contributed by atoms with van der Waals surface area (Å²) in [5, 5.41) is 29.1. The zero-order chi connectivity index (χ0) is 39.7. The number of nitrogens with zero attached hydrogens (tertiary/aromatic N) is 6. The SMILES string of the molecule is CC(C)(O/N=C(\C(=O)C[C@@H]1C(=O)N2C(C(=O)O)=C(C[n+]3ccc4ccn(Cc5ccc(C(N)=NC6CCCNC6)cc5)c4c3)CS[C@H]12)c1csc(N)n1)C(=O)O. The van der Waals surface area contributed by atoms with Gasteiger partial charge < -0.3 is 36.4 Å². The number of nitrogens with one attached hydrogen (secondary N) is 1. The van der Waals surface area contributed by atoms with E-state index in [0.29, 0.717) is 23.7 Å². The third kappa shape index (κ3) is 8.03. The lowest BCUT2D eigenvalue weighted by Crippen LogP contribution is -2.62. The minimum atomic E-state index is -1.75. The summed E-state index contributed by atoms with van der Waals surface area (Å²) < 4.78 is 4.03. The lowest BCUT2D eigenvalue weighted by molar-refractivity contribution is -0.687. The van der Waals surface area contributed by atoms with Crippen molar-refractivity contribution in [1.82, 2.24) is 19.8 Å². The average molecular weight is 801 g/mol. The van der Waals surface area contributed by atoms with Crippen LogP contribution in [0.5, 0.6) is 0 Å². The molecule has 0 bridgehead atoms. The summed E-state index contributed by atoms with van der Waals surface area (Å²) in [5.74, 6) is -3.63. The van der Waals surface area contributed by atoms with Crippen molar-refractivity contribution in [2.45, 2.75) is 63.2 Å². The number of aliphatic carboxylic acids is 2. The third-order valence-corrected chi connectivity index (χ3v) is 12.1. The summed E-state index contributed by atoms with van der Waals surface area (Å²) in [5.41, 5.74) is 13.5. The fourth-order valence-corrected chi connectivity index (χ4v) is 8.84. The highest BCUT2D eigenvalue weighted by Crippen LogP contribution is 2.45. The molecule has 1 amide bonds. The van der Waals surface area contributed by atoms with Gasteiger partial charge in [0.05, 0.1) is 17.3 Å². The molecular formula is C38H42N9O7S2+. The lowest BCUT2D eigenvalue weighted by atomic mass is 9.89. The molecule has 0 radical (unpaired) electrons. The number of fused-ring (bicyclic) bond motifs is 2. The molecule has 3 aromatic heterocycles. The van der Waals surface area contributed by atoms with Crippen molar-refractivity contribution in [3.05, 3.63) is 88.5 Å². The van der Waals surface area contributed by atoms with Gasteiger partial charge in [-0.1, -0.05) is 29.4 Å². The summed E-state index contributed by atoms with van der Waals surface area (Å²) in [6, 6.07) is 12.2. The fourth-order valence-electron chi connectivity index (χ4n) is 6.89. The molecule has 18 heteroatoms. The third-order valence-electron chi connectivity index (χ3n) is 10.0. The number of nitrogens with two attached hydrogens (primary N) is 2. The number of aromatic nitrogens is 3. The molecule has 3 atom stereocenters. The van der Waals surface area contributed by atoms with Crippen molar-refractivity contribution in [3.63, 3.8) is 0 Å². The summed E-state index contributed by atoms with van der Waals surface area (Å²) in [7, 11) is 0. The number of pyridine rings is 1. The van der Waals surface area contributed by atoms with Crippen molar-refractivity contribution in [3.8, 4) is 0 Å². The van der Waals surface area contributed by atoms with E-state index in [-0.39, 0.29) is 41.2 Å². The Kier molecular flexibility index (Phi) is 11.0. The molecule has 56 heavy (non-hydrogen) atoms. The Morgan fingerprint density at radius 2 is 1.95 bits per heavy atom. The Morgan fingerprint density at radius 3 is 2.62 bits per heavy atom. The fraction of sp³-hybridized carbons (Fsp3) is 0.368. The number of hydrogen-bond acceptors (Lipinski definition) is 12. The highest BCUT2D eigenvalue weighted by atomic mass is 32.2. The second kappa shape index (κ2) is 15.9. The van der Waals surface area contributed by atoms with Gasteiger partial charge in [-0.25, -0.2) is 14.6 Å². The smallest absolute Gasteiger partial charge is 0.352 e. The van der Waals surface area contributed by atoms with Crippen LogP contribution in [0.2, 0.25) is 0 Å². The highest BCUT2D eigenvalue weighted by Gasteiger charge is 2.54. The molecule has 2 fully saturated rings. The number of amides is 1. The van der Waals surface area contributed by atoms with E-state index in [4.69, 9.17) is 21.3 Å². The van der Waals surface area contributed by atoms with E-state index in [1.54, 1.807) is 0 Å². The van der Waals surface area contributed by atoms with Crippen LogP contribution in [0.15, 0.2) is 81.8 Å². The second-order valence-corrected chi connectivity index (χ2v) is 16.4. The van der Waals surface area contributed by atoms with Gasteiger partial charge in [0.2, 0.25) is 11.5 Å². The van der Waals surface area contributed by atoms with Gasteiger partial charge in [-0.05, 0) is 44.9 Å². The Morgan fingerprint density at radius 1 is 1.16 bits per heavy atom. The van der Waals surface area contributed by atoms with Crippen LogP contribution >= 0.6 is 23.1 Å². The predicted octanol–water partition coefficient (Wildman–Crippen LogP) is 2.59. The number of thioether (sulfide) groups is 1. The van der Waals surface area contributed by atoms with Crippen LogP contribution in [0.3, 0.4) is 0 Å². The van der Waals surface area contributed by atoms with Crippen molar-refractivity contribution in [1.29, 1.82) is 0 Å². The van der Waals surface area contributed by atoms with E-state index in [2.05, 4.69) is 20.0 Å². The summed E-state index contributed by atoms with van der Waals surface area (Å²) >= 11 is 2.44. The van der Waals surface area contributed by atoms with E-state index >= 15 is 0 Å². The number of amidine groups is 1. The monoisotopic (exact) mass is 800 g/mol. The van der Waals surface area contributed by atoms with E-state index < -0.39 is 40.5 Å². The van der Waals surface area contributed by atoms with Gasteiger partial charge in [-0.15, -0.1) is 23.1 Å². The van der Waals surface area contributed by atoms with Crippen LogP contribution in [0.4, 0.5) is 5.13 Å². The van der Waals surface area contributed by atoms with Gasteiger partial charge in [-0.2, -0.15) is 4.57 Å². The minimum Gasteiger partial charge on any atom is -0.478 e. The van der Waals surface area contributed by atoms with Crippen LogP contribution in [0, 0.1) is 5.92 Å². The molecule has 4 aromatic rings. The molecule has 3 aliphatic rings. The number of piperidine rings is 1. The number of hydrogen-bond donors (Lipinski definition) is 5. The molecule has 2 saturated heterocycles. The molecule has 0 saturated carbocycles. The zero-order valence-corrected chi connectivity index (χ0v) is 32.4. The van der Waals surface area contributed by atoms with Crippen molar-refractivity contribution in [2.75, 3.05) is 24.6 Å². The van der Waals surface area contributed by atoms with Crippen molar-refractivity contribution < 1.29 is 38.8 Å². The van der Waals surface area contributed by atoms with Gasteiger partial charge in [-0.3, -0.25) is 19.5 Å². The second-order valence-electron chi connectivity index (χ2n) is 14.4. The molecule has 7 rings (SSSR count). The van der Waals surface area contributed by atoms with Gasteiger partial charge in [0, 0.05) is 59.4 Å². The van der Waals surface area contributed by atoms with E-state index in [9.17, 15) is 29.4 Å². The van der Waals surface area contributed by atoms with Gasteiger partial charge >= 0.3 is 11.9 Å². The van der Waals surface area contributed by atoms with Crippen LogP contribution in [-0.2, 0) is 37.1 Å². The first-order valence-corrected chi connectivity index (χ1v) is 20.0. The van der Waals surface area contributed by atoms with E-state index in [0.717, 1.165) is 59.3 Å². The van der Waals surface area contributed by atoms with E-state index in [1.165, 1.54) is 35.9 Å². The highest BCUT2D eigenvalue weighted by molar-refractivity contribution is 8.00. The Labute approximate surface area is 329 Å². The first kappa shape index (κ1) is 38.7. The Balaban J connectivity index is 1.05. The molecule has 292 valence electrons. The quantitative estimate of drug-likeness (QED) is 0.0408. The number of benzene rings is 1. The number of carboxylic acid groups (broad SMARTS) is 2. The number of aliphatic imine (C=N–C) groups is 1. The molecule has 0 aliphatic carbocycles. The van der Waals surface area contributed by atoms with Crippen LogP contribution < -0.4 is 21.4 Å². The number of β-lactam (4-membered cyclic amide) rings is 1. The number of carbonyl (C=O) groups is 4. The Hall–Kier alpha value is -5.59. The number of ketones is 1. The molecule has 1 aromatic carbocycles. The number of carboxylic acids is 2. The summed E-state index contributed by atoms with van der Waals surface area (Å²) in [4.78, 5) is 66.7. The largest absolute Gasteiger partial charge is 0.478 e. The number of carbonyl (C=O) groups excluding carboxylic acids is 2. The minimum absolute atomic E-state index is 0.0865. The number of nitrogen functional groups attached to an aromatic ring is 1. The summed E-state index contributed by atoms with van der Waals surface area (Å²) in [6.07, 6.45) is 7.66. The van der Waals surface area contributed by atoms with Crippen molar-refractivity contribution >= 4 is 74.3 Å². The molecular weight excluding hydrogens is 759 g/mol. The normalized spacial score (nSPS) is 20.5. The first-order chi connectivity index (χ1) is 26.8. The maximum absolute atomic E-state index is 13.6. The maximum Gasteiger partial charge on any atom is 0.352 e. The number of oxime groups is 1. The van der Waals surface area contributed by atoms with Gasteiger partial charge in [0.1, 0.15) is 22.7 Å². The number of Topliss-reactive ketones (excluding diaryl/α,β-unsaturated/α-hetero) is 1. The first-order valence-electron chi connectivity index (χ1n) is 18.0.